The van der Waals surface area contributed by atoms with E-state index in [1.54, 1.807) is 6.07 Å². The van der Waals surface area contributed by atoms with Crippen LogP contribution in [0.1, 0.15) is 12.0 Å². The summed E-state index contributed by atoms with van der Waals surface area (Å²) in [7, 11) is -2.23. The number of methoxy groups -OCH3 is 1. The third-order valence-electron chi connectivity index (χ3n) is 4.68. The smallest absolute Gasteiger partial charge is 0.243 e. The van der Waals surface area contributed by atoms with Crippen molar-refractivity contribution in [1.29, 1.82) is 0 Å². The summed E-state index contributed by atoms with van der Waals surface area (Å²) in [5.74, 6) is -2.03. The summed E-state index contributed by atoms with van der Waals surface area (Å²) in [5, 5.41) is 2.49. The Morgan fingerprint density at radius 1 is 1.13 bits per heavy atom. The molecular weight excluding hydrogens is 418 g/mol. The first kappa shape index (κ1) is 22.1. The zero-order chi connectivity index (χ0) is 21.7. The first-order valence-corrected chi connectivity index (χ1v) is 10.7. The maximum absolute atomic E-state index is 13.3. The number of nitrogens with one attached hydrogen (secondary N) is 1. The molecule has 0 atom stereocenters. The number of carbonyl (C=O) groups excluding carboxylic acids is 1. The van der Waals surface area contributed by atoms with Gasteiger partial charge in [0, 0.05) is 31.3 Å². The molecule has 2 aromatic rings. The van der Waals surface area contributed by atoms with E-state index in [0.717, 1.165) is 12.1 Å². The Bertz CT molecular complexity index is 1020. The summed E-state index contributed by atoms with van der Waals surface area (Å²) in [6.07, 6.45) is 0.196. The normalized spacial score (nSPS) is 15.0. The molecule has 162 valence electrons. The zero-order valence-electron chi connectivity index (χ0n) is 16.4. The van der Waals surface area contributed by atoms with Crippen molar-refractivity contribution in [1.82, 2.24) is 4.31 Å². The molecule has 10 heteroatoms. The summed E-state index contributed by atoms with van der Waals surface area (Å²) in [4.78, 5) is 12.3. The molecule has 3 rings (SSSR count). The van der Waals surface area contributed by atoms with Gasteiger partial charge in [-0.1, -0.05) is 0 Å². The summed E-state index contributed by atoms with van der Waals surface area (Å²) in [6, 6.07) is 7.59. The maximum Gasteiger partial charge on any atom is 0.243 e. The highest BCUT2D eigenvalue weighted by Crippen LogP contribution is 2.26. The SMILES string of the molecule is COc1ccc(S(=O)(=O)N2CCOCC2)cc1CCC(=O)Nc1ccc(F)c(F)c1. The summed E-state index contributed by atoms with van der Waals surface area (Å²) < 4.78 is 63.8. The lowest BCUT2D eigenvalue weighted by molar-refractivity contribution is -0.116. The number of aryl methyl sites for hydroxylation is 1. The Morgan fingerprint density at radius 2 is 1.87 bits per heavy atom. The Hall–Kier alpha value is -2.56. The molecule has 1 aliphatic heterocycles. The summed E-state index contributed by atoms with van der Waals surface area (Å²) >= 11 is 0. The molecule has 1 aliphatic rings. The minimum absolute atomic E-state index is 0.00356. The molecule has 1 heterocycles. The molecule has 7 nitrogen and oxygen atoms in total. The lowest BCUT2D eigenvalue weighted by Crippen LogP contribution is -2.40. The van der Waals surface area contributed by atoms with Crippen LogP contribution in [0.4, 0.5) is 14.5 Å². The number of morpholine rings is 1. The number of nitrogens with zero attached hydrogens (tertiary/aromatic N) is 1. The van der Waals surface area contributed by atoms with E-state index in [0.29, 0.717) is 24.5 Å². The van der Waals surface area contributed by atoms with Crippen molar-refractivity contribution in [3.8, 4) is 5.75 Å². The minimum atomic E-state index is -3.69. The highest BCUT2D eigenvalue weighted by atomic mass is 32.2. The highest BCUT2D eigenvalue weighted by Gasteiger charge is 2.27. The number of carbonyl (C=O) groups is 1. The van der Waals surface area contributed by atoms with Gasteiger partial charge in [0.15, 0.2) is 11.6 Å². The van der Waals surface area contributed by atoms with E-state index < -0.39 is 27.6 Å². The number of benzene rings is 2. The van der Waals surface area contributed by atoms with Gasteiger partial charge in [0.2, 0.25) is 15.9 Å². The highest BCUT2D eigenvalue weighted by molar-refractivity contribution is 7.89. The van der Waals surface area contributed by atoms with E-state index in [1.807, 2.05) is 0 Å². The van der Waals surface area contributed by atoms with Crippen LogP contribution >= 0.6 is 0 Å². The zero-order valence-corrected chi connectivity index (χ0v) is 17.2. The van der Waals surface area contributed by atoms with Crippen LogP contribution in [-0.4, -0.2) is 52.0 Å². The fraction of sp³-hybridized carbons (Fsp3) is 0.350. The van der Waals surface area contributed by atoms with Crippen LogP contribution < -0.4 is 10.1 Å². The number of hydrogen-bond donors (Lipinski definition) is 1. The van der Waals surface area contributed by atoms with Gasteiger partial charge in [-0.15, -0.1) is 0 Å². The summed E-state index contributed by atoms with van der Waals surface area (Å²) in [5.41, 5.74) is 0.682. The number of rotatable bonds is 7. The van der Waals surface area contributed by atoms with Gasteiger partial charge in [0.05, 0.1) is 25.2 Å². The molecule has 0 radical (unpaired) electrons. The second-order valence-electron chi connectivity index (χ2n) is 6.67. The van der Waals surface area contributed by atoms with Gasteiger partial charge in [-0.3, -0.25) is 4.79 Å². The van der Waals surface area contributed by atoms with Crippen molar-refractivity contribution < 1.29 is 31.5 Å². The van der Waals surface area contributed by atoms with Gasteiger partial charge in [0.25, 0.3) is 0 Å². The second kappa shape index (κ2) is 9.50. The minimum Gasteiger partial charge on any atom is -0.496 e. The van der Waals surface area contributed by atoms with Gasteiger partial charge in [-0.2, -0.15) is 4.31 Å². The maximum atomic E-state index is 13.3. The molecule has 0 spiro atoms. The predicted octanol–water partition coefficient (Wildman–Crippen LogP) is 2.57. The Morgan fingerprint density at radius 3 is 2.53 bits per heavy atom. The summed E-state index contributed by atoms with van der Waals surface area (Å²) in [6.45, 7) is 1.24. The van der Waals surface area contributed by atoms with Crippen molar-refractivity contribution in [2.45, 2.75) is 17.7 Å². The number of hydrogen-bond acceptors (Lipinski definition) is 5. The third kappa shape index (κ3) is 5.13. The molecule has 1 fully saturated rings. The Kier molecular flexibility index (Phi) is 7.01. The lowest BCUT2D eigenvalue weighted by Gasteiger charge is -2.26. The number of sulfonamides is 1. The number of halogens is 2. The van der Waals surface area contributed by atoms with Crippen molar-refractivity contribution in [2.24, 2.45) is 0 Å². The van der Waals surface area contributed by atoms with E-state index in [9.17, 15) is 22.0 Å². The van der Waals surface area contributed by atoms with Crippen LogP contribution in [0, 0.1) is 11.6 Å². The predicted molar refractivity (Wildman–Crippen MR) is 106 cm³/mol. The van der Waals surface area contributed by atoms with E-state index >= 15 is 0 Å². The topological polar surface area (TPSA) is 84.9 Å². The molecule has 0 saturated carbocycles. The van der Waals surface area contributed by atoms with Gasteiger partial charge in [0.1, 0.15) is 5.75 Å². The molecule has 2 aromatic carbocycles. The first-order valence-electron chi connectivity index (χ1n) is 9.31. The van der Waals surface area contributed by atoms with Gasteiger partial charge >= 0.3 is 0 Å². The third-order valence-corrected chi connectivity index (χ3v) is 6.58. The van der Waals surface area contributed by atoms with E-state index in [2.05, 4.69) is 5.32 Å². The van der Waals surface area contributed by atoms with Crippen molar-refractivity contribution in [3.05, 3.63) is 53.6 Å². The molecule has 1 saturated heterocycles. The first-order chi connectivity index (χ1) is 14.3. The number of amides is 1. The Labute approximate surface area is 173 Å². The van der Waals surface area contributed by atoms with Crippen molar-refractivity contribution >= 4 is 21.6 Å². The van der Waals surface area contributed by atoms with Crippen LogP contribution in [-0.2, 0) is 26.0 Å². The molecule has 1 N–H and O–H groups in total. The number of ether oxygens (including phenoxy) is 2. The molecule has 1 amide bonds. The molecule has 0 aromatic heterocycles. The molecule has 30 heavy (non-hydrogen) atoms. The van der Waals surface area contributed by atoms with E-state index in [-0.39, 0.29) is 36.5 Å². The molecule has 0 aliphatic carbocycles. The molecular formula is C20H22F2N2O5S. The van der Waals surface area contributed by atoms with Gasteiger partial charge in [-0.25, -0.2) is 17.2 Å². The lowest BCUT2D eigenvalue weighted by atomic mass is 10.1. The van der Waals surface area contributed by atoms with Crippen LogP contribution in [0.5, 0.6) is 5.75 Å². The number of anilines is 1. The fourth-order valence-electron chi connectivity index (χ4n) is 3.09. The van der Waals surface area contributed by atoms with Crippen LogP contribution in [0.3, 0.4) is 0 Å². The van der Waals surface area contributed by atoms with Crippen LogP contribution in [0.15, 0.2) is 41.3 Å². The monoisotopic (exact) mass is 440 g/mol. The van der Waals surface area contributed by atoms with E-state index in [4.69, 9.17) is 9.47 Å². The standard InChI is InChI=1S/C20H22F2N2O5S/c1-28-19-6-4-16(30(26,27)24-8-10-29-11-9-24)12-14(19)2-7-20(25)23-15-3-5-17(21)18(22)13-15/h3-6,12-13H,2,7-11H2,1H3,(H,23,25). The van der Waals surface area contributed by atoms with E-state index in [1.165, 1.54) is 29.6 Å². The van der Waals surface area contributed by atoms with Gasteiger partial charge in [-0.05, 0) is 42.3 Å². The van der Waals surface area contributed by atoms with Crippen molar-refractivity contribution in [2.75, 3.05) is 38.7 Å². The van der Waals surface area contributed by atoms with Gasteiger partial charge < -0.3 is 14.8 Å². The second-order valence-corrected chi connectivity index (χ2v) is 8.61. The molecule has 0 unspecified atom stereocenters. The largest absolute Gasteiger partial charge is 0.496 e. The average molecular weight is 440 g/mol. The molecule has 0 bridgehead atoms. The van der Waals surface area contributed by atoms with Crippen LogP contribution in [0.25, 0.3) is 0 Å². The quantitative estimate of drug-likeness (QED) is 0.715. The van der Waals surface area contributed by atoms with Crippen LogP contribution in [0.2, 0.25) is 0 Å². The fourth-order valence-corrected chi connectivity index (χ4v) is 4.55. The average Bonchev–Trinajstić information content (AvgIpc) is 2.75. The Balaban J connectivity index is 1.72. The van der Waals surface area contributed by atoms with Crippen molar-refractivity contribution in [3.63, 3.8) is 0 Å².